The molecule has 22 heavy (non-hydrogen) atoms. The molecule has 1 atom stereocenters. The zero-order valence-electron chi connectivity index (χ0n) is 11.7. The van der Waals surface area contributed by atoms with E-state index in [1.54, 1.807) is 12.1 Å². The van der Waals surface area contributed by atoms with E-state index in [0.29, 0.717) is 34.7 Å². The molecule has 3 rings (SSSR count). The van der Waals surface area contributed by atoms with Gasteiger partial charge in [0.1, 0.15) is 28.5 Å². The first-order valence-electron chi connectivity index (χ1n) is 6.64. The molecule has 2 heterocycles. The maximum atomic E-state index is 12.0. The van der Waals surface area contributed by atoms with Gasteiger partial charge in [-0.1, -0.05) is 23.2 Å². The number of epoxide rings is 1. The summed E-state index contributed by atoms with van der Waals surface area (Å²) in [6, 6.07) is 7.18. The van der Waals surface area contributed by atoms with Gasteiger partial charge in [0.15, 0.2) is 0 Å². The fraction of sp³-hybridized carbons (Fsp3) is 0.267. The Morgan fingerprint density at radius 2 is 2.18 bits per heavy atom. The van der Waals surface area contributed by atoms with E-state index in [0.717, 1.165) is 5.00 Å². The number of carbonyl (C=O) groups excluding carboxylic acids is 1. The van der Waals surface area contributed by atoms with Gasteiger partial charge in [0.05, 0.1) is 17.3 Å². The van der Waals surface area contributed by atoms with Crippen molar-refractivity contribution in [3.05, 3.63) is 39.7 Å². The van der Waals surface area contributed by atoms with Gasteiger partial charge >= 0.3 is 0 Å². The molecule has 1 aliphatic rings. The highest BCUT2D eigenvalue weighted by Gasteiger charge is 2.25. The Hall–Kier alpha value is -1.27. The Balaban J connectivity index is 1.92. The quantitative estimate of drug-likeness (QED) is 0.738. The number of amides is 1. The van der Waals surface area contributed by atoms with E-state index >= 15 is 0 Å². The van der Waals surface area contributed by atoms with Crippen LogP contribution in [0.1, 0.15) is 6.92 Å². The second-order valence-electron chi connectivity index (χ2n) is 4.78. The number of thiophene rings is 1. The highest BCUT2D eigenvalue weighted by atomic mass is 35.5. The minimum Gasteiger partial charge on any atom is -0.489 e. The third-order valence-electron chi connectivity index (χ3n) is 3.14. The van der Waals surface area contributed by atoms with E-state index < -0.39 is 0 Å². The molecule has 1 aromatic carbocycles. The molecule has 0 N–H and O–H groups in total. The van der Waals surface area contributed by atoms with Gasteiger partial charge in [-0.25, -0.2) is 0 Å². The average Bonchev–Trinajstić information content (AvgIpc) is 3.16. The fourth-order valence-corrected chi connectivity index (χ4v) is 3.23. The Morgan fingerprint density at radius 3 is 2.77 bits per heavy atom. The fourth-order valence-electron chi connectivity index (χ4n) is 1.99. The lowest BCUT2D eigenvalue weighted by Gasteiger charge is -2.22. The Kier molecular flexibility index (Phi) is 4.59. The van der Waals surface area contributed by atoms with E-state index in [1.165, 1.54) is 23.2 Å². The zero-order valence-corrected chi connectivity index (χ0v) is 14.0. The number of anilines is 2. The molecule has 0 saturated carbocycles. The standard InChI is InChI=1S/C15H13Cl2NO3S/c1-9(19)18(13-3-2-6-22-13)11-4-5-12(15(17)14(11)16)21-8-10-7-20-10/h2-6,10H,7-8H2,1H3. The highest BCUT2D eigenvalue weighted by Crippen LogP contribution is 2.42. The van der Waals surface area contributed by atoms with Crippen LogP contribution in [0.2, 0.25) is 10.0 Å². The van der Waals surface area contributed by atoms with Crippen LogP contribution in [0.4, 0.5) is 10.7 Å². The number of hydrogen-bond donors (Lipinski definition) is 0. The van der Waals surface area contributed by atoms with Crippen LogP contribution in [0, 0.1) is 0 Å². The normalized spacial score (nSPS) is 16.4. The Bertz CT molecular complexity index is 686. The van der Waals surface area contributed by atoms with Crippen LogP contribution >= 0.6 is 34.5 Å². The van der Waals surface area contributed by atoms with E-state index in [-0.39, 0.29) is 12.0 Å². The smallest absolute Gasteiger partial charge is 0.229 e. The zero-order chi connectivity index (χ0) is 15.7. The van der Waals surface area contributed by atoms with Crippen molar-refractivity contribution in [1.29, 1.82) is 0 Å². The number of hydrogen-bond acceptors (Lipinski definition) is 4. The number of ether oxygens (including phenoxy) is 2. The van der Waals surface area contributed by atoms with Crippen molar-refractivity contribution < 1.29 is 14.3 Å². The van der Waals surface area contributed by atoms with Crippen LogP contribution in [-0.2, 0) is 9.53 Å². The van der Waals surface area contributed by atoms with Crippen molar-refractivity contribution in [1.82, 2.24) is 0 Å². The van der Waals surface area contributed by atoms with Crippen LogP contribution in [0.15, 0.2) is 29.6 Å². The van der Waals surface area contributed by atoms with Crippen molar-refractivity contribution in [3.8, 4) is 5.75 Å². The molecule has 1 aromatic heterocycles. The van der Waals surface area contributed by atoms with Crippen LogP contribution in [0.25, 0.3) is 0 Å². The minimum absolute atomic E-state index is 0.134. The highest BCUT2D eigenvalue weighted by molar-refractivity contribution is 7.14. The molecule has 2 aromatic rings. The van der Waals surface area contributed by atoms with Crippen molar-refractivity contribution in [2.24, 2.45) is 0 Å². The lowest BCUT2D eigenvalue weighted by Crippen LogP contribution is -2.22. The summed E-state index contributed by atoms with van der Waals surface area (Å²) < 4.78 is 10.7. The Labute approximate surface area is 142 Å². The lowest BCUT2D eigenvalue weighted by atomic mass is 10.2. The SMILES string of the molecule is CC(=O)N(c1cccs1)c1ccc(OCC2CO2)c(Cl)c1Cl. The predicted octanol–water partition coefficient (Wildman–Crippen LogP) is 4.52. The first-order chi connectivity index (χ1) is 10.6. The summed E-state index contributed by atoms with van der Waals surface area (Å²) in [7, 11) is 0. The van der Waals surface area contributed by atoms with Crippen molar-refractivity contribution in [2.75, 3.05) is 18.1 Å². The predicted molar refractivity (Wildman–Crippen MR) is 88.8 cm³/mol. The molecule has 0 bridgehead atoms. The molecule has 1 amide bonds. The topological polar surface area (TPSA) is 42.1 Å². The lowest BCUT2D eigenvalue weighted by molar-refractivity contribution is -0.115. The monoisotopic (exact) mass is 357 g/mol. The van der Waals surface area contributed by atoms with E-state index in [2.05, 4.69) is 0 Å². The molecule has 7 heteroatoms. The maximum Gasteiger partial charge on any atom is 0.229 e. The number of benzene rings is 1. The second kappa shape index (κ2) is 6.46. The molecular formula is C15H13Cl2NO3S. The van der Waals surface area contributed by atoms with Gasteiger partial charge in [-0.2, -0.15) is 0 Å². The van der Waals surface area contributed by atoms with Gasteiger partial charge < -0.3 is 9.47 Å². The van der Waals surface area contributed by atoms with Gasteiger partial charge in [0.25, 0.3) is 0 Å². The number of carbonyl (C=O) groups is 1. The van der Waals surface area contributed by atoms with Crippen LogP contribution in [0.3, 0.4) is 0 Å². The first kappa shape index (κ1) is 15.6. The maximum absolute atomic E-state index is 12.0. The number of nitrogens with zero attached hydrogens (tertiary/aromatic N) is 1. The van der Waals surface area contributed by atoms with Gasteiger partial charge in [-0.05, 0) is 29.6 Å². The van der Waals surface area contributed by atoms with Gasteiger partial charge in [-0.15, -0.1) is 11.3 Å². The second-order valence-corrected chi connectivity index (χ2v) is 6.46. The summed E-state index contributed by atoms with van der Waals surface area (Å²) in [5, 5.41) is 3.26. The number of halogens is 2. The summed E-state index contributed by atoms with van der Waals surface area (Å²) >= 11 is 14.1. The summed E-state index contributed by atoms with van der Waals surface area (Å²) in [5.74, 6) is 0.348. The van der Waals surface area contributed by atoms with Gasteiger partial charge in [0, 0.05) is 6.92 Å². The summed E-state index contributed by atoms with van der Waals surface area (Å²) in [6.45, 7) is 2.63. The Morgan fingerprint density at radius 1 is 1.41 bits per heavy atom. The molecule has 1 fully saturated rings. The van der Waals surface area contributed by atoms with Gasteiger partial charge in [0.2, 0.25) is 5.91 Å². The van der Waals surface area contributed by atoms with E-state index in [4.69, 9.17) is 32.7 Å². The van der Waals surface area contributed by atoms with E-state index in [1.807, 2.05) is 17.5 Å². The van der Waals surface area contributed by atoms with E-state index in [9.17, 15) is 4.79 Å². The van der Waals surface area contributed by atoms with Crippen molar-refractivity contribution in [2.45, 2.75) is 13.0 Å². The molecule has 0 spiro atoms. The molecule has 4 nitrogen and oxygen atoms in total. The molecule has 1 unspecified atom stereocenters. The average molecular weight is 358 g/mol. The summed E-state index contributed by atoms with van der Waals surface area (Å²) in [6.07, 6.45) is 0.134. The first-order valence-corrected chi connectivity index (χ1v) is 8.28. The van der Waals surface area contributed by atoms with Crippen LogP contribution in [-0.4, -0.2) is 25.2 Å². The van der Waals surface area contributed by atoms with Crippen molar-refractivity contribution >= 4 is 51.1 Å². The minimum atomic E-state index is -0.138. The van der Waals surface area contributed by atoms with Crippen molar-refractivity contribution in [3.63, 3.8) is 0 Å². The molecule has 1 aliphatic heterocycles. The molecule has 116 valence electrons. The third kappa shape index (κ3) is 3.22. The number of rotatable bonds is 5. The summed E-state index contributed by atoms with van der Waals surface area (Å²) in [5.41, 5.74) is 0.539. The molecule has 1 saturated heterocycles. The van der Waals surface area contributed by atoms with Gasteiger partial charge in [-0.3, -0.25) is 9.69 Å². The molecule has 0 aliphatic carbocycles. The third-order valence-corrected chi connectivity index (χ3v) is 4.84. The van der Waals surface area contributed by atoms with Crippen LogP contribution < -0.4 is 9.64 Å². The molecule has 0 radical (unpaired) electrons. The van der Waals surface area contributed by atoms with Crippen LogP contribution in [0.5, 0.6) is 5.75 Å². The largest absolute Gasteiger partial charge is 0.489 e. The summed E-state index contributed by atoms with van der Waals surface area (Å²) in [4.78, 5) is 13.5. The molecular weight excluding hydrogens is 345 g/mol.